The fraction of sp³-hybridized carbons (Fsp3) is 0.375. The summed E-state index contributed by atoms with van der Waals surface area (Å²) >= 11 is 0. The van der Waals surface area contributed by atoms with E-state index in [9.17, 15) is 9.59 Å². The van der Waals surface area contributed by atoms with E-state index in [-0.39, 0.29) is 11.9 Å². The smallest absolute Gasteiger partial charge is 0.311 e. The van der Waals surface area contributed by atoms with Crippen molar-refractivity contribution in [2.45, 2.75) is 39.5 Å². The Labute approximate surface area is 119 Å². The van der Waals surface area contributed by atoms with Crippen LogP contribution in [-0.2, 0) is 9.59 Å². The maximum Gasteiger partial charge on any atom is 0.311 e. The van der Waals surface area contributed by atoms with Crippen molar-refractivity contribution in [1.29, 1.82) is 0 Å². The Hall–Kier alpha value is -2.10. The topological polar surface area (TPSA) is 52.6 Å². The third-order valence-electron chi connectivity index (χ3n) is 2.51. The summed E-state index contributed by atoms with van der Waals surface area (Å²) in [5.41, 5.74) is 0.728. The van der Waals surface area contributed by atoms with Crippen LogP contribution < -0.4 is 9.47 Å². The van der Waals surface area contributed by atoms with Gasteiger partial charge < -0.3 is 9.47 Å². The standard InChI is InChI=1S/C16H20O4/c1-4-7-15(17)19-13-9-12(6-3)10-14(11-13)20-16(18)8-5-2/h6,9-11H,3-5,7-8H2,1-2H3. The van der Waals surface area contributed by atoms with Gasteiger partial charge in [-0.3, -0.25) is 9.59 Å². The number of hydrogen-bond donors (Lipinski definition) is 0. The summed E-state index contributed by atoms with van der Waals surface area (Å²) in [4.78, 5) is 23.0. The first kappa shape index (κ1) is 16.0. The van der Waals surface area contributed by atoms with Crippen molar-refractivity contribution in [2.24, 2.45) is 0 Å². The third kappa shape index (κ3) is 5.26. The Morgan fingerprint density at radius 3 is 1.80 bits per heavy atom. The van der Waals surface area contributed by atoms with Gasteiger partial charge in [-0.25, -0.2) is 0 Å². The fourth-order valence-electron chi connectivity index (χ4n) is 1.60. The average molecular weight is 276 g/mol. The molecule has 20 heavy (non-hydrogen) atoms. The van der Waals surface area contributed by atoms with Gasteiger partial charge in [0, 0.05) is 18.9 Å². The van der Waals surface area contributed by atoms with E-state index in [1.165, 1.54) is 6.07 Å². The quantitative estimate of drug-likeness (QED) is 0.562. The number of benzene rings is 1. The Balaban J connectivity index is 2.87. The second-order valence-electron chi connectivity index (χ2n) is 4.39. The molecule has 0 fully saturated rings. The molecule has 0 atom stereocenters. The van der Waals surface area contributed by atoms with Crippen molar-refractivity contribution in [3.8, 4) is 11.5 Å². The van der Waals surface area contributed by atoms with Crippen LogP contribution in [0.25, 0.3) is 6.08 Å². The van der Waals surface area contributed by atoms with Crippen LogP contribution in [0, 0.1) is 0 Å². The SMILES string of the molecule is C=Cc1cc(OC(=O)CCC)cc(OC(=O)CCC)c1. The molecule has 0 aliphatic rings. The molecule has 0 saturated carbocycles. The fourth-order valence-corrected chi connectivity index (χ4v) is 1.60. The maximum absolute atomic E-state index is 11.5. The lowest BCUT2D eigenvalue weighted by Gasteiger charge is -2.09. The van der Waals surface area contributed by atoms with Crippen molar-refractivity contribution in [1.82, 2.24) is 0 Å². The highest BCUT2D eigenvalue weighted by molar-refractivity contribution is 5.74. The van der Waals surface area contributed by atoms with Crippen LogP contribution in [0.2, 0.25) is 0 Å². The highest BCUT2D eigenvalue weighted by Gasteiger charge is 2.09. The molecule has 0 spiro atoms. The minimum Gasteiger partial charge on any atom is -0.426 e. The number of ether oxygens (including phenoxy) is 2. The van der Waals surface area contributed by atoms with Gasteiger partial charge in [0.15, 0.2) is 0 Å². The Kier molecular flexibility index (Phi) is 6.50. The number of carbonyl (C=O) groups is 2. The molecular formula is C16H20O4. The molecule has 0 amide bonds. The summed E-state index contributed by atoms with van der Waals surface area (Å²) < 4.78 is 10.4. The van der Waals surface area contributed by atoms with Gasteiger partial charge in [0.25, 0.3) is 0 Å². The Bertz CT molecular complexity index is 453. The van der Waals surface area contributed by atoms with Crippen LogP contribution >= 0.6 is 0 Å². The van der Waals surface area contributed by atoms with Crippen LogP contribution in [0.15, 0.2) is 24.8 Å². The van der Waals surface area contributed by atoms with E-state index in [2.05, 4.69) is 6.58 Å². The molecule has 0 heterocycles. The summed E-state index contributed by atoms with van der Waals surface area (Å²) in [6.07, 6.45) is 3.75. The van der Waals surface area contributed by atoms with Gasteiger partial charge in [-0.15, -0.1) is 0 Å². The molecule has 4 heteroatoms. The largest absolute Gasteiger partial charge is 0.426 e. The van der Waals surface area contributed by atoms with Crippen LogP contribution in [0.4, 0.5) is 0 Å². The van der Waals surface area contributed by atoms with Crippen molar-refractivity contribution in [3.05, 3.63) is 30.3 Å². The maximum atomic E-state index is 11.5. The minimum absolute atomic E-state index is 0.306. The van der Waals surface area contributed by atoms with Gasteiger partial charge in [0.05, 0.1) is 0 Å². The molecule has 0 unspecified atom stereocenters. The first-order valence-corrected chi connectivity index (χ1v) is 6.78. The lowest BCUT2D eigenvalue weighted by molar-refractivity contribution is -0.134. The molecule has 0 bridgehead atoms. The van der Waals surface area contributed by atoms with E-state index < -0.39 is 0 Å². The molecule has 0 saturated heterocycles. The summed E-state index contributed by atoms with van der Waals surface area (Å²) in [5.74, 6) is 0.111. The normalized spacial score (nSPS) is 9.90. The van der Waals surface area contributed by atoms with E-state index >= 15 is 0 Å². The Morgan fingerprint density at radius 2 is 1.45 bits per heavy atom. The third-order valence-corrected chi connectivity index (χ3v) is 2.51. The van der Waals surface area contributed by atoms with E-state index in [1.807, 2.05) is 13.8 Å². The van der Waals surface area contributed by atoms with E-state index in [0.717, 1.165) is 18.4 Å². The zero-order valence-corrected chi connectivity index (χ0v) is 12.0. The van der Waals surface area contributed by atoms with Gasteiger partial charge in [0.1, 0.15) is 11.5 Å². The molecule has 0 radical (unpaired) electrons. The molecule has 108 valence electrons. The average Bonchev–Trinajstić information content (AvgIpc) is 2.38. The van der Waals surface area contributed by atoms with Crippen molar-refractivity contribution in [3.63, 3.8) is 0 Å². The summed E-state index contributed by atoms with van der Waals surface area (Å²) in [7, 11) is 0. The van der Waals surface area contributed by atoms with E-state index in [1.54, 1.807) is 18.2 Å². The zero-order chi connectivity index (χ0) is 15.0. The van der Waals surface area contributed by atoms with Crippen LogP contribution in [-0.4, -0.2) is 11.9 Å². The van der Waals surface area contributed by atoms with E-state index in [4.69, 9.17) is 9.47 Å². The van der Waals surface area contributed by atoms with E-state index in [0.29, 0.717) is 24.3 Å². The van der Waals surface area contributed by atoms with Crippen molar-refractivity contribution >= 4 is 18.0 Å². The highest BCUT2D eigenvalue weighted by atomic mass is 16.5. The van der Waals surface area contributed by atoms with Crippen molar-refractivity contribution < 1.29 is 19.1 Å². The summed E-state index contributed by atoms with van der Waals surface area (Å²) in [5, 5.41) is 0. The summed E-state index contributed by atoms with van der Waals surface area (Å²) in [6.45, 7) is 7.47. The number of rotatable bonds is 7. The van der Waals surface area contributed by atoms with Crippen LogP contribution in [0.1, 0.15) is 45.1 Å². The molecule has 1 aromatic rings. The van der Waals surface area contributed by atoms with Gasteiger partial charge in [-0.2, -0.15) is 0 Å². The predicted octanol–water partition coefficient (Wildman–Crippen LogP) is 3.74. The number of esters is 2. The molecule has 1 rings (SSSR count). The van der Waals surface area contributed by atoms with Crippen LogP contribution in [0.3, 0.4) is 0 Å². The number of hydrogen-bond acceptors (Lipinski definition) is 4. The molecule has 0 N–H and O–H groups in total. The zero-order valence-electron chi connectivity index (χ0n) is 12.0. The predicted molar refractivity (Wildman–Crippen MR) is 77.6 cm³/mol. The molecular weight excluding hydrogens is 256 g/mol. The lowest BCUT2D eigenvalue weighted by Crippen LogP contribution is -2.09. The van der Waals surface area contributed by atoms with Gasteiger partial charge >= 0.3 is 11.9 Å². The monoisotopic (exact) mass is 276 g/mol. The molecule has 0 aliphatic carbocycles. The minimum atomic E-state index is -0.306. The lowest BCUT2D eigenvalue weighted by atomic mass is 10.2. The molecule has 4 nitrogen and oxygen atoms in total. The first-order chi connectivity index (χ1) is 9.58. The molecule has 1 aromatic carbocycles. The van der Waals surface area contributed by atoms with Crippen LogP contribution in [0.5, 0.6) is 11.5 Å². The van der Waals surface area contributed by atoms with Gasteiger partial charge in [-0.05, 0) is 30.5 Å². The second-order valence-corrected chi connectivity index (χ2v) is 4.39. The first-order valence-electron chi connectivity index (χ1n) is 6.78. The second kappa shape index (κ2) is 8.15. The van der Waals surface area contributed by atoms with Gasteiger partial charge in [0.2, 0.25) is 0 Å². The highest BCUT2D eigenvalue weighted by Crippen LogP contribution is 2.24. The molecule has 0 aliphatic heterocycles. The van der Waals surface area contributed by atoms with Gasteiger partial charge in [-0.1, -0.05) is 26.5 Å². The van der Waals surface area contributed by atoms with Crippen molar-refractivity contribution in [2.75, 3.05) is 0 Å². The Morgan fingerprint density at radius 1 is 1.00 bits per heavy atom. The molecule has 0 aromatic heterocycles. The summed E-state index contributed by atoms with van der Waals surface area (Å²) in [6, 6.07) is 4.89. The number of carbonyl (C=O) groups excluding carboxylic acids is 2.